The molecule has 1 N–H and O–H groups in total. The molecule has 0 aliphatic heterocycles. The van der Waals surface area contributed by atoms with Gasteiger partial charge in [0.05, 0.1) is 0 Å². The van der Waals surface area contributed by atoms with Crippen LogP contribution in [0.4, 0.5) is 0 Å². The Hall–Kier alpha value is -0.820. The highest BCUT2D eigenvalue weighted by molar-refractivity contribution is 5.27. The molecule has 1 nitrogen and oxygen atoms in total. The zero-order chi connectivity index (χ0) is 14.9. The number of nitrogens with one attached hydrogen (secondary N) is 1. The molecule has 0 spiro atoms. The van der Waals surface area contributed by atoms with Gasteiger partial charge in [0, 0.05) is 6.04 Å². The molecule has 0 bridgehead atoms. The Morgan fingerprint density at radius 2 is 1.71 bits per heavy atom. The number of hydrogen-bond acceptors (Lipinski definition) is 1. The first-order chi connectivity index (χ1) is 10.3. The van der Waals surface area contributed by atoms with Gasteiger partial charge in [0.1, 0.15) is 0 Å². The lowest BCUT2D eigenvalue weighted by molar-refractivity contribution is 0.443. The van der Waals surface area contributed by atoms with Gasteiger partial charge in [-0.25, -0.2) is 0 Å². The van der Waals surface area contributed by atoms with Crippen molar-refractivity contribution in [2.24, 2.45) is 0 Å². The minimum absolute atomic E-state index is 0.530. The summed E-state index contributed by atoms with van der Waals surface area (Å²) < 4.78 is 0. The van der Waals surface area contributed by atoms with Crippen molar-refractivity contribution in [3.8, 4) is 0 Å². The molecule has 0 amide bonds. The summed E-state index contributed by atoms with van der Waals surface area (Å²) in [5.41, 5.74) is 3.04. The maximum Gasteiger partial charge on any atom is 0.0317 e. The molecule has 1 heteroatoms. The highest BCUT2D eigenvalue weighted by atomic mass is 14.9. The van der Waals surface area contributed by atoms with E-state index < -0.39 is 0 Å². The van der Waals surface area contributed by atoms with Gasteiger partial charge < -0.3 is 5.32 Å². The molecule has 1 aliphatic rings. The van der Waals surface area contributed by atoms with E-state index in [0.717, 1.165) is 5.92 Å². The van der Waals surface area contributed by atoms with Crippen molar-refractivity contribution in [3.63, 3.8) is 0 Å². The fourth-order valence-electron chi connectivity index (χ4n) is 3.69. The first kappa shape index (κ1) is 16.5. The molecule has 1 aromatic carbocycles. The number of benzene rings is 1. The lowest BCUT2D eigenvalue weighted by Gasteiger charge is -2.23. The van der Waals surface area contributed by atoms with Crippen LogP contribution in [0.25, 0.3) is 0 Å². The van der Waals surface area contributed by atoms with Gasteiger partial charge >= 0.3 is 0 Å². The number of hydrogen-bond donors (Lipinski definition) is 1. The van der Waals surface area contributed by atoms with Gasteiger partial charge in [0.25, 0.3) is 0 Å². The van der Waals surface area contributed by atoms with Crippen LogP contribution < -0.4 is 5.32 Å². The van der Waals surface area contributed by atoms with E-state index in [4.69, 9.17) is 0 Å². The molecule has 1 unspecified atom stereocenters. The minimum Gasteiger partial charge on any atom is -0.313 e. The van der Waals surface area contributed by atoms with Crippen LogP contribution in [0.15, 0.2) is 24.3 Å². The molecule has 2 rings (SSSR count). The molecule has 0 heterocycles. The van der Waals surface area contributed by atoms with E-state index >= 15 is 0 Å². The van der Waals surface area contributed by atoms with Crippen LogP contribution in [0.1, 0.15) is 94.2 Å². The molecule has 1 aromatic rings. The predicted molar refractivity (Wildman–Crippen MR) is 92.8 cm³/mol. The van der Waals surface area contributed by atoms with Crippen LogP contribution in [-0.4, -0.2) is 7.05 Å². The molecular formula is C20H33N. The third-order valence-electron chi connectivity index (χ3n) is 5.11. The molecule has 0 radical (unpaired) electrons. The van der Waals surface area contributed by atoms with Crippen molar-refractivity contribution in [1.29, 1.82) is 0 Å². The average Bonchev–Trinajstić information content (AvgIpc) is 2.56. The number of unbranched alkanes of at least 4 members (excludes halogenated alkanes) is 3. The lowest BCUT2D eigenvalue weighted by Crippen LogP contribution is -2.16. The van der Waals surface area contributed by atoms with Gasteiger partial charge in [0.2, 0.25) is 0 Å². The quantitative estimate of drug-likeness (QED) is 0.581. The molecule has 0 saturated heterocycles. The largest absolute Gasteiger partial charge is 0.313 e. The van der Waals surface area contributed by atoms with Crippen LogP contribution in [0.3, 0.4) is 0 Å². The topological polar surface area (TPSA) is 12.0 Å². The third kappa shape index (κ3) is 5.14. The average molecular weight is 287 g/mol. The van der Waals surface area contributed by atoms with Crippen LogP contribution >= 0.6 is 0 Å². The van der Waals surface area contributed by atoms with E-state index in [9.17, 15) is 0 Å². The predicted octanol–water partition coefficient (Wildman–Crippen LogP) is 5.97. The van der Waals surface area contributed by atoms with Crippen molar-refractivity contribution in [1.82, 2.24) is 5.32 Å². The summed E-state index contributed by atoms with van der Waals surface area (Å²) in [6, 6.07) is 10.0. The third-order valence-corrected chi connectivity index (χ3v) is 5.11. The standard InChI is InChI=1S/C20H33N/c1-3-4-5-9-12-20(21-2)19-15-13-18(14-16-19)17-10-7-6-8-11-17/h13-17,20-21H,3-12H2,1-2H3. The maximum atomic E-state index is 3.49. The smallest absolute Gasteiger partial charge is 0.0317 e. The normalized spacial score (nSPS) is 17.8. The van der Waals surface area contributed by atoms with Crippen molar-refractivity contribution in [2.75, 3.05) is 7.05 Å². The summed E-state index contributed by atoms with van der Waals surface area (Å²) in [4.78, 5) is 0. The van der Waals surface area contributed by atoms with Gasteiger partial charge in [0.15, 0.2) is 0 Å². The summed E-state index contributed by atoms with van der Waals surface area (Å²) in [6.07, 6.45) is 13.7. The molecule has 1 fully saturated rings. The molecule has 1 aliphatic carbocycles. The molecular weight excluding hydrogens is 254 g/mol. The monoisotopic (exact) mass is 287 g/mol. The molecule has 1 saturated carbocycles. The molecule has 21 heavy (non-hydrogen) atoms. The summed E-state index contributed by atoms with van der Waals surface area (Å²) in [6.45, 7) is 2.28. The van der Waals surface area contributed by atoms with E-state index in [1.165, 1.54) is 69.8 Å². The Labute approximate surface area is 131 Å². The Morgan fingerprint density at radius 1 is 1.00 bits per heavy atom. The van der Waals surface area contributed by atoms with Gasteiger partial charge in [-0.15, -0.1) is 0 Å². The van der Waals surface area contributed by atoms with Crippen molar-refractivity contribution >= 4 is 0 Å². The first-order valence-electron chi connectivity index (χ1n) is 9.12. The second-order valence-electron chi connectivity index (χ2n) is 6.69. The lowest BCUT2D eigenvalue weighted by atomic mass is 9.83. The van der Waals surface area contributed by atoms with E-state index in [2.05, 4.69) is 43.6 Å². The van der Waals surface area contributed by atoms with Crippen LogP contribution in [0.5, 0.6) is 0 Å². The van der Waals surface area contributed by atoms with E-state index in [1.54, 1.807) is 5.56 Å². The minimum atomic E-state index is 0.530. The van der Waals surface area contributed by atoms with Crippen molar-refractivity contribution < 1.29 is 0 Å². The van der Waals surface area contributed by atoms with Gasteiger partial charge in [-0.1, -0.05) is 76.1 Å². The summed E-state index contributed by atoms with van der Waals surface area (Å²) >= 11 is 0. The van der Waals surface area contributed by atoms with Crippen LogP contribution in [0.2, 0.25) is 0 Å². The number of rotatable bonds is 8. The highest BCUT2D eigenvalue weighted by Gasteiger charge is 2.16. The molecule has 118 valence electrons. The van der Waals surface area contributed by atoms with Gasteiger partial charge in [-0.05, 0) is 43.4 Å². The second-order valence-corrected chi connectivity index (χ2v) is 6.69. The SMILES string of the molecule is CCCCCCC(NC)c1ccc(C2CCCCC2)cc1. The fraction of sp³-hybridized carbons (Fsp3) is 0.700. The highest BCUT2D eigenvalue weighted by Crippen LogP contribution is 2.33. The van der Waals surface area contributed by atoms with Crippen molar-refractivity contribution in [3.05, 3.63) is 35.4 Å². The summed E-state index contributed by atoms with van der Waals surface area (Å²) in [5.74, 6) is 0.824. The molecule has 1 atom stereocenters. The van der Waals surface area contributed by atoms with E-state index in [-0.39, 0.29) is 0 Å². The maximum absolute atomic E-state index is 3.49. The first-order valence-corrected chi connectivity index (χ1v) is 9.12. The molecule has 0 aromatic heterocycles. The Morgan fingerprint density at radius 3 is 2.33 bits per heavy atom. The van der Waals surface area contributed by atoms with E-state index in [1.807, 2.05) is 0 Å². The zero-order valence-corrected chi connectivity index (χ0v) is 14.0. The Kier molecular flexibility index (Phi) is 7.29. The Balaban J connectivity index is 1.89. The Bertz CT molecular complexity index is 375. The summed E-state index contributed by atoms with van der Waals surface area (Å²) in [5, 5.41) is 3.49. The van der Waals surface area contributed by atoms with Gasteiger partial charge in [-0.2, -0.15) is 0 Å². The van der Waals surface area contributed by atoms with Crippen LogP contribution in [0, 0.1) is 0 Å². The van der Waals surface area contributed by atoms with E-state index in [0.29, 0.717) is 6.04 Å². The zero-order valence-electron chi connectivity index (χ0n) is 14.0. The second kappa shape index (κ2) is 9.25. The summed E-state index contributed by atoms with van der Waals surface area (Å²) in [7, 11) is 2.10. The fourth-order valence-corrected chi connectivity index (χ4v) is 3.69. The van der Waals surface area contributed by atoms with Crippen LogP contribution in [-0.2, 0) is 0 Å². The van der Waals surface area contributed by atoms with Crippen molar-refractivity contribution in [2.45, 2.75) is 83.1 Å². The van der Waals surface area contributed by atoms with Gasteiger partial charge in [-0.3, -0.25) is 0 Å².